The van der Waals surface area contributed by atoms with Crippen LogP contribution in [-0.4, -0.2) is 58.1 Å². The fourth-order valence-electron chi connectivity index (χ4n) is 2.79. The molecule has 0 bridgehead atoms. The molecule has 0 atom stereocenters. The van der Waals surface area contributed by atoms with Crippen molar-refractivity contribution in [3.05, 3.63) is 23.8 Å². The molecule has 0 aromatic heterocycles. The molecule has 1 heterocycles. The first-order valence-electron chi connectivity index (χ1n) is 8.94. The zero-order valence-electron chi connectivity index (χ0n) is 15.7. The summed E-state index contributed by atoms with van der Waals surface area (Å²) in [5.41, 5.74) is 0.220. The molecule has 1 amide bonds. The average Bonchev–Trinajstić information content (AvgIpc) is 3.16. The largest absolute Gasteiger partial charge is 0.496 e. The summed E-state index contributed by atoms with van der Waals surface area (Å²) in [4.78, 5) is 12.6. The quantitative estimate of drug-likeness (QED) is 0.659. The van der Waals surface area contributed by atoms with Crippen molar-refractivity contribution < 1.29 is 22.7 Å². The third kappa shape index (κ3) is 5.18. The van der Waals surface area contributed by atoms with Crippen LogP contribution >= 0.6 is 0 Å². The van der Waals surface area contributed by atoms with Crippen LogP contribution in [0, 0.1) is 0 Å². The molecule has 0 unspecified atom stereocenters. The van der Waals surface area contributed by atoms with E-state index >= 15 is 0 Å². The lowest BCUT2D eigenvalue weighted by atomic mass is 10.2. The molecule has 1 N–H and O–H groups in total. The minimum Gasteiger partial charge on any atom is -0.496 e. The molecular weight excluding hydrogens is 356 g/mol. The first kappa shape index (κ1) is 20.7. The van der Waals surface area contributed by atoms with Gasteiger partial charge in [0.15, 0.2) is 0 Å². The Morgan fingerprint density at radius 2 is 1.96 bits per heavy atom. The Morgan fingerprint density at radius 3 is 2.58 bits per heavy atom. The topological polar surface area (TPSA) is 84.9 Å². The molecule has 8 heteroatoms. The summed E-state index contributed by atoms with van der Waals surface area (Å²) < 4.78 is 37.5. The summed E-state index contributed by atoms with van der Waals surface area (Å²) in [6, 6.07) is 4.41. The van der Waals surface area contributed by atoms with Crippen molar-refractivity contribution >= 4 is 15.9 Å². The highest BCUT2D eigenvalue weighted by molar-refractivity contribution is 7.89. The lowest BCUT2D eigenvalue weighted by Gasteiger charge is -2.17. The van der Waals surface area contributed by atoms with Gasteiger partial charge in [0, 0.05) is 26.2 Å². The summed E-state index contributed by atoms with van der Waals surface area (Å²) in [6.07, 6.45) is 2.55. The van der Waals surface area contributed by atoms with Gasteiger partial charge in [0.25, 0.3) is 5.91 Å². The zero-order chi connectivity index (χ0) is 19.2. The maximum Gasteiger partial charge on any atom is 0.255 e. The Morgan fingerprint density at radius 1 is 1.27 bits per heavy atom. The van der Waals surface area contributed by atoms with Crippen LogP contribution in [-0.2, 0) is 14.8 Å². The van der Waals surface area contributed by atoms with E-state index in [0.717, 1.165) is 12.8 Å². The molecule has 1 fully saturated rings. The van der Waals surface area contributed by atoms with Crippen molar-refractivity contribution in [1.82, 2.24) is 9.62 Å². The van der Waals surface area contributed by atoms with E-state index in [1.807, 2.05) is 13.8 Å². The minimum atomic E-state index is -3.58. The molecule has 146 valence electrons. The van der Waals surface area contributed by atoms with Crippen molar-refractivity contribution in [2.75, 3.05) is 33.4 Å². The van der Waals surface area contributed by atoms with Gasteiger partial charge < -0.3 is 14.8 Å². The van der Waals surface area contributed by atoms with E-state index in [1.165, 1.54) is 29.6 Å². The van der Waals surface area contributed by atoms with Crippen molar-refractivity contribution in [2.24, 2.45) is 0 Å². The fourth-order valence-corrected chi connectivity index (χ4v) is 4.33. The van der Waals surface area contributed by atoms with Crippen LogP contribution in [0.3, 0.4) is 0 Å². The Hall–Kier alpha value is -1.64. The molecular formula is C18H28N2O5S. The molecule has 1 aliphatic heterocycles. The first-order valence-corrected chi connectivity index (χ1v) is 10.4. The Bertz CT molecular complexity index is 712. The number of sulfonamides is 1. The highest BCUT2D eigenvalue weighted by Gasteiger charge is 2.28. The summed E-state index contributed by atoms with van der Waals surface area (Å²) in [7, 11) is -2.12. The van der Waals surface area contributed by atoms with E-state index in [2.05, 4.69) is 5.32 Å². The summed E-state index contributed by atoms with van der Waals surface area (Å²) in [6.45, 7) is 5.94. The van der Waals surface area contributed by atoms with Crippen molar-refractivity contribution in [3.63, 3.8) is 0 Å². The van der Waals surface area contributed by atoms with Gasteiger partial charge in [0.1, 0.15) is 5.75 Å². The van der Waals surface area contributed by atoms with Crippen molar-refractivity contribution in [3.8, 4) is 5.75 Å². The maximum absolute atomic E-state index is 12.7. The molecule has 26 heavy (non-hydrogen) atoms. The van der Waals surface area contributed by atoms with Crippen LogP contribution in [0.4, 0.5) is 0 Å². The second-order valence-corrected chi connectivity index (χ2v) is 8.44. The second kappa shape index (κ2) is 9.34. The number of carbonyl (C=O) groups excluding carboxylic acids is 1. The van der Waals surface area contributed by atoms with Crippen LogP contribution in [0.5, 0.6) is 5.75 Å². The summed E-state index contributed by atoms with van der Waals surface area (Å²) >= 11 is 0. The molecule has 0 spiro atoms. The van der Waals surface area contributed by atoms with Crippen molar-refractivity contribution in [2.45, 2.75) is 44.1 Å². The van der Waals surface area contributed by atoms with E-state index in [0.29, 0.717) is 38.4 Å². The number of rotatable bonds is 9. The summed E-state index contributed by atoms with van der Waals surface area (Å²) in [5, 5.41) is 2.79. The number of carbonyl (C=O) groups is 1. The number of amides is 1. The Labute approximate surface area is 155 Å². The second-order valence-electron chi connectivity index (χ2n) is 6.50. The molecule has 0 aliphatic carbocycles. The number of nitrogens with one attached hydrogen (secondary N) is 1. The fraction of sp³-hybridized carbons (Fsp3) is 0.611. The van der Waals surface area contributed by atoms with Gasteiger partial charge in [0.2, 0.25) is 10.0 Å². The van der Waals surface area contributed by atoms with Crippen LogP contribution in [0.25, 0.3) is 0 Å². The standard InChI is InChI=1S/C18H28N2O5S/c1-14(2)25-12-6-9-19-18(21)16-13-15(7-8-17(16)24-3)26(22,23)20-10-4-5-11-20/h7-8,13-14H,4-6,9-12H2,1-3H3,(H,19,21). The minimum absolute atomic E-state index is 0.119. The van der Waals surface area contributed by atoms with E-state index in [4.69, 9.17) is 9.47 Å². The van der Waals surface area contributed by atoms with Gasteiger partial charge in [0.05, 0.1) is 23.7 Å². The molecule has 2 rings (SSSR count). The molecule has 1 aliphatic rings. The van der Waals surface area contributed by atoms with Crippen LogP contribution in [0.2, 0.25) is 0 Å². The predicted octanol–water partition coefficient (Wildman–Crippen LogP) is 2.02. The van der Waals surface area contributed by atoms with E-state index in [1.54, 1.807) is 0 Å². The number of methoxy groups -OCH3 is 1. The number of benzene rings is 1. The maximum atomic E-state index is 12.7. The number of hydrogen-bond acceptors (Lipinski definition) is 5. The predicted molar refractivity (Wildman–Crippen MR) is 99.0 cm³/mol. The van der Waals surface area contributed by atoms with E-state index in [-0.39, 0.29) is 22.5 Å². The number of hydrogen-bond donors (Lipinski definition) is 1. The van der Waals surface area contributed by atoms with E-state index < -0.39 is 10.0 Å². The summed E-state index contributed by atoms with van der Waals surface area (Å²) in [5.74, 6) is -0.00817. The Kier molecular flexibility index (Phi) is 7.43. The SMILES string of the molecule is COc1ccc(S(=O)(=O)N2CCCC2)cc1C(=O)NCCCOC(C)C. The zero-order valence-corrected chi connectivity index (χ0v) is 16.5. The molecule has 1 aromatic carbocycles. The van der Waals surface area contributed by atoms with Gasteiger partial charge in [-0.15, -0.1) is 0 Å². The van der Waals surface area contributed by atoms with Gasteiger partial charge in [-0.3, -0.25) is 4.79 Å². The third-order valence-electron chi connectivity index (χ3n) is 4.18. The monoisotopic (exact) mass is 384 g/mol. The molecule has 0 saturated carbocycles. The third-order valence-corrected chi connectivity index (χ3v) is 6.07. The van der Waals surface area contributed by atoms with Gasteiger partial charge in [-0.1, -0.05) is 0 Å². The lowest BCUT2D eigenvalue weighted by Crippen LogP contribution is -2.29. The van der Waals surface area contributed by atoms with Crippen LogP contribution < -0.4 is 10.1 Å². The van der Waals surface area contributed by atoms with Crippen LogP contribution in [0.15, 0.2) is 23.1 Å². The van der Waals surface area contributed by atoms with Gasteiger partial charge in [-0.05, 0) is 51.3 Å². The van der Waals surface area contributed by atoms with Gasteiger partial charge in [-0.2, -0.15) is 4.31 Å². The molecule has 1 aromatic rings. The number of nitrogens with zero attached hydrogens (tertiary/aromatic N) is 1. The Balaban J connectivity index is 2.10. The molecule has 7 nitrogen and oxygen atoms in total. The first-order chi connectivity index (χ1) is 12.4. The molecule has 1 saturated heterocycles. The van der Waals surface area contributed by atoms with Gasteiger partial charge >= 0.3 is 0 Å². The molecule has 0 radical (unpaired) electrons. The normalized spacial score (nSPS) is 15.4. The van der Waals surface area contributed by atoms with Crippen molar-refractivity contribution in [1.29, 1.82) is 0 Å². The lowest BCUT2D eigenvalue weighted by molar-refractivity contribution is 0.0757. The van der Waals surface area contributed by atoms with E-state index in [9.17, 15) is 13.2 Å². The number of ether oxygens (including phenoxy) is 2. The smallest absolute Gasteiger partial charge is 0.255 e. The highest BCUT2D eigenvalue weighted by atomic mass is 32.2. The highest BCUT2D eigenvalue weighted by Crippen LogP contribution is 2.26. The average molecular weight is 384 g/mol. The van der Waals surface area contributed by atoms with Gasteiger partial charge in [-0.25, -0.2) is 8.42 Å². The van der Waals surface area contributed by atoms with Crippen LogP contribution in [0.1, 0.15) is 43.5 Å².